The number of nitrogens with zero attached hydrogens (tertiary/aromatic N) is 3. The number of hydrogen-bond donors (Lipinski definition) is 0. The highest BCUT2D eigenvalue weighted by Gasteiger charge is 1.91. The van der Waals surface area contributed by atoms with Crippen molar-refractivity contribution in [2.75, 3.05) is 14.1 Å². The van der Waals surface area contributed by atoms with E-state index < -0.39 is 0 Å². The van der Waals surface area contributed by atoms with Crippen LogP contribution in [0.25, 0.3) is 0 Å². The molecule has 0 spiro atoms. The van der Waals surface area contributed by atoms with E-state index in [9.17, 15) is 0 Å². The van der Waals surface area contributed by atoms with Crippen molar-refractivity contribution in [1.82, 2.24) is 14.5 Å². The summed E-state index contributed by atoms with van der Waals surface area (Å²) >= 11 is 0. The number of aryl methyl sites for hydroxylation is 1. The monoisotopic (exact) mass is 165 g/mol. The summed E-state index contributed by atoms with van der Waals surface area (Å²) in [6.07, 6.45) is 7.95. The van der Waals surface area contributed by atoms with Crippen LogP contribution in [0.5, 0.6) is 0 Å². The van der Waals surface area contributed by atoms with Crippen LogP contribution >= 0.6 is 0 Å². The van der Waals surface area contributed by atoms with Gasteiger partial charge in [0.1, 0.15) is 5.82 Å². The molecule has 3 nitrogen and oxygen atoms in total. The molecule has 0 fully saturated rings. The second-order valence-electron chi connectivity index (χ2n) is 2.98. The minimum Gasteiger partial charge on any atom is -0.384 e. The Bertz CT molecular complexity index is 260. The Hall–Kier alpha value is -1.25. The summed E-state index contributed by atoms with van der Waals surface area (Å²) < 4.78 is 2.10. The summed E-state index contributed by atoms with van der Waals surface area (Å²) in [7, 11) is 4.02. The summed E-state index contributed by atoms with van der Waals surface area (Å²) in [5.41, 5.74) is 0. The first-order valence-electron chi connectivity index (χ1n) is 4.01. The fourth-order valence-electron chi connectivity index (χ4n) is 0.968. The molecule has 0 unspecified atom stereocenters. The number of imidazole rings is 1. The van der Waals surface area contributed by atoms with Crippen LogP contribution in [-0.2, 0) is 6.54 Å². The van der Waals surface area contributed by atoms with E-state index in [-0.39, 0.29) is 0 Å². The maximum absolute atomic E-state index is 4.13. The zero-order chi connectivity index (χ0) is 8.97. The van der Waals surface area contributed by atoms with Gasteiger partial charge in [-0.1, -0.05) is 0 Å². The third kappa shape index (κ3) is 2.42. The van der Waals surface area contributed by atoms with Crippen LogP contribution in [0.2, 0.25) is 0 Å². The molecule has 0 atom stereocenters. The highest BCUT2D eigenvalue weighted by molar-refractivity contribution is 4.92. The van der Waals surface area contributed by atoms with Crippen molar-refractivity contribution < 1.29 is 0 Å². The molecule has 0 N–H and O–H groups in total. The lowest BCUT2D eigenvalue weighted by Gasteiger charge is -2.04. The van der Waals surface area contributed by atoms with Gasteiger partial charge in [-0.15, -0.1) is 0 Å². The lowest BCUT2D eigenvalue weighted by Crippen LogP contribution is -2.02. The summed E-state index contributed by atoms with van der Waals surface area (Å²) in [6, 6.07) is 0. The van der Waals surface area contributed by atoms with E-state index in [4.69, 9.17) is 0 Å². The zero-order valence-electron chi connectivity index (χ0n) is 7.86. The summed E-state index contributed by atoms with van der Waals surface area (Å²) in [5, 5.41) is 0. The van der Waals surface area contributed by atoms with Crippen LogP contribution in [0.1, 0.15) is 5.82 Å². The first kappa shape index (κ1) is 8.84. The molecule has 0 bridgehead atoms. The molecule has 0 saturated heterocycles. The normalized spacial score (nSPS) is 10.9. The van der Waals surface area contributed by atoms with Crippen molar-refractivity contribution in [3.63, 3.8) is 0 Å². The summed E-state index contributed by atoms with van der Waals surface area (Å²) in [6.45, 7) is 2.90. The van der Waals surface area contributed by atoms with Gasteiger partial charge >= 0.3 is 0 Å². The fourth-order valence-corrected chi connectivity index (χ4v) is 0.968. The number of hydrogen-bond acceptors (Lipinski definition) is 2. The quantitative estimate of drug-likeness (QED) is 0.672. The van der Waals surface area contributed by atoms with Gasteiger partial charge in [0.2, 0.25) is 0 Å². The Morgan fingerprint density at radius 3 is 2.83 bits per heavy atom. The molecule has 1 heterocycles. The molecule has 12 heavy (non-hydrogen) atoms. The lowest BCUT2D eigenvalue weighted by molar-refractivity contribution is 0.558. The van der Waals surface area contributed by atoms with Crippen LogP contribution in [-0.4, -0.2) is 28.5 Å². The third-order valence-electron chi connectivity index (χ3n) is 1.63. The van der Waals surface area contributed by atoms with E-state index in [2.05, 4.69) is 15.6 Å². The SMILES string of the molecule is Cc1nccn1CC=CN(C)C. The molecule has 0 aliphatic carbocycles. The van der Waals surface area contributed by atoms with Crippen molar-refractivity contribution in [3.05, 3.63) is 30.5 Å². The molecule has 0 amide bonds. The standard InChI is InChI=1S/C9H15N3/c1-9-10-5-8-12(9)7-4-6-11(2)3/h4-6,8H,7H2,1-3H3. The summed E-state index contributed by atoms with van der Waals surface area (Å²) in [4.78, 5) is 6.15. The van der Waals surface area contributed by atoms with Crippen molar-refractivity contribution in [1.29, 1.82) is 0 Å². The Balaban J connectivity index is 2.48. The smallest absolute Gasteiger partial charge is 0.105 e. The summed E-state index contributed by atoms with van der Waals surface area (Å²) in [5.74, 6) is 1.05. The highest BCUT2D eigenvalue weighted by Crippen LogP contribution is 1.95. The molecule has 0 saturated carbocycles. The van der Waals surface area contributed by atoms with Gasteiger partial charge < -0.3 is 9.47 Å². The van der Waals surface area contributed by atoms with E-state index >= 15 is 0 Å². The van der Waals surface area contributed by atoms with Crippen LogP contribution in [0.15, 0.2) is 24.7 Å². The van der Waals surface area contributed by atoms with Crippen LogP contribution in [0.4, 0.5) is 0 Å². The molecule has 0 aliphatic heterocycles. The second-order valence-corrected chi connectivity index (χ2v) is 2.98. The van der Waals surface area contributed by atoms with Crippen molar-refractivity contribution in [3.8, 4) is 0 Å². The average molecular weight is 165 g/mol. The largest absolute Gasteiger partial charge is 0.384 e. The van der Waals surface area contributed by atoms with Gasteiger partial charge in [-0.05, 0) is 19.2 Å². The molecular weight excluding hydrogens is 150 g/mol. The topological polar surface area (TPSA) is 21.1 Å². The zero-order valence-corrected chi connectivity index (χ0v) is 7.86. The molecule has 0 aromatic carbocycles. The first-order chi connectivity index (χ1) is 5.70. The van der Waals surface area contributed by atoms with Gasteiger partial charge in [-0.25, -0.2) is 4.98 Å². The van der Waals surface area contributed by atoms with E-state index in [1.165, 1.54) is 0 Å². The number of rotatable bonds is 3. The van der Waals surface area contributed by atoms with Crippen molar-refractivity contribution >= 4 is 0 Å². The van der Waals surface area contributed by atoms with Crippen LogP contribution < -0.4 is 0 Å². The van der Waals surface area contributed by atoms with Gasteiger partial charge in [0.25, 0.3) is 0 Å². The van der Waals surface area contributed by atoms with Crippen molar-refractivity contribution in [2.45, 2.75) is 13.5 Å². The average Bonchev–Trinajstić information content (AvgIpc) is 2.36. The van der Waals surface area contributed by atoms with E-state index in [0.29, 0.717) is 0 Å². The number of aromatic nitrogens is 2. The van der Waals surface area contributed by atoms with Crippen LogP contribution in [0, 0.1) is 6.92 Å². The molecule has 66 valence electrons. The predicted octanol–water partition coefficient (Wildman–Crippen LogP) is 1.27. The molecule has 1 aromatic heterocycles. The second kappa shape index (κ2) is 3.95. The van der Waals surface area contributed by atoms with E-state index in [1.54, 1.807) is 0 Å². The van der Waals surface area contributed by atoms with Gasteiger partial charge in [0, 0.05) is 33.0 Å². The Morgan fingerprint density at radius 1 is 1.58 bits per heavy atom. The Morgan fingerprint density at radius 2 is 2.33 bits per heavy atom. The Labute approximate surface area is 73.3 Å². The van der Waals surface area contributed by atoms with Gasteiger partial charge in [-0.3, -0.25) is 0 Å². The molecule has 0 radical (unpaired) electrons. The molecule has 1 rings (SSSR count). The molecule has 0 aliphatic rings. The van der Waals surface area contributed by atoms with Crippen molar-refractivity contribution in [2.24, 2.45) is 0 Å². The maximum Gasteiger partial charge on any atom is 0.105 e. The first-order valence-corrected chi connectivity index (χ1v) is 4.01. The molecule has 1 aromatic rings. The van der Waals surface area contributed by atoms with Gasteiger partial charge in [0.05, 0.1) is 0 Å². The molecular formula is C9H15N3. The predicted molar refractivity (Wildman–Crippen MR) is 49.8 cm³/mol. The fraction of sp³-hybridized carbons (Fsp3) is 0.444. The Kier molecular flexibility index (Phi) is 2.91. The van der Waals surface area contributed by atoms with Gasteiger partial charge in [0.15, 0.2) is 0 Å². The minimum absolute atomic E-state index is 0.893. The maximum atomic E-state index is 4.13. The lowest BCUT2D eigenvalue weighted by atomic mass is 10.5. The van der Waals surface area contributed by atoms with E-state index in [1.807, 2.05) is 44.5 Å². The third-order valence-corrected chi connectivity index (χ3v) is 1.63. The van der Waals surface area contributed by atoms with Crippen LogP contribution in [0.3, 0.4) is 0 Å². The highest BCUT2D eigenvalue weighted by atomic mass is 15.1. The number of allylic oxidation sites excluding steroid dienone is 1. The van der Waals surface area contributed by atoms with E-state index in [0.717, 1.165) is 12.4 Å². The van der Waals surface area contributed by atoms with Gasteiger partial charge in [-0.2, -0.15) is 0 Å². The molecule has 3 heteroatoms. The minimum atomic E-state index is 0.893.